The van der Waals surface area contributed by atoms with Crippen molar-refractivity contribution in [2.45, 2.75) is 19.8 Å². The Morgan fingerprint density at radius 1 is 1.25 bits per heavy atom. The third kappa shape index (κ3) is 4.46. The lowest BCUT2D eigenvalue weighted by molar-refractivity contribution is -0.112. The van der Waals surface area contributed by atoms with Crippen LogP contribution in [0.3, 0.4) is 0 Å². The van der Waals surface area contributed by atoms with Crippen molar-refractivity contribution >= 4 is 46.6 Å². The number of carbonyl (C=O) groups excluding carboxylic acids is 1. The van der Waals surface area contributed by atoms with Gasteiger partial charge in [0.1, 0.15) is 17.5 Å². The summed E-state index contributed by atoms with van der Waals surface area (Å²) >= 11 is 11.9. The van der Waals surface area contributed by atoms with Crippen LogP contribution >= 0.6 is 23.2 Å². The molecule has 4 nitrogen and oxygen atoms in total. The van der Waals surface area contributed by atoms with Gasteiger partial charge in [-0.05, 0) is 67.3 Å². The number of anilines is 2. The van der Waals surface area contributed by atoms with Gasteiger partial charge >= 0.3 is 0 Å². The molecule has 1 fully saturated rings. The molecule has 0 atom stereocenters. The van der Waals surface area contributed by atoms with Crippen molar-refractivity contribution in [3.05, 3.63) is 62.9 Å². The molecule has 3 rings (SSSR count). The van der Waals surface area contributed by atoms with Crippen molar-refractivity contribution in [2.75, 3.05) is 23.3 Å². The summed E-state index contributed by atoms with van der Waals surface area (Å²) in [6, 6.07) is 9.61. The zero-order valence-electron chi connectivity index (χ0n) is 15.2. The Kier molecular flexibility index (Phi) is 6.23. The van der Waals surface area contributed by atoms with Gasteiger partial charge in [0.2, 0.25) is 0 Å². The molecule has 0 radical (unpaired) electrons. The Morgan fingerprint density at radius 3 is 2.61 bits per heavy atom. The fraction of sp³-hybridized carbons (Fsp3) is 0.238. The fourth-order valence-corrected chi connectivity index (χ4v) is 3.58. The second kappa shape index (κ2) is 8.64. The van der Waals surface area contributed by atoms with Crippen LogP contribution in [-0.2, 0) is 4.79 Å². The molecule has 7 heteroatoms. The lowest BCUT2D eigenvalue weighted by Crippen LogP contribution is -2.19. The van der Waals surface area contributed by atoms with Gasteiger partial charge in [-0.25, -0.2) is 4.39 Å². The standard InChI is InChI=1S/C21H18Cl2FN3O/c1-13-8-20(27-6-2-3-7-27)18(24)10-14(13)9-15(12-25)21(28)26-19-5-4-16(22)11-17(19)23/h4-5,8-11H,2-3,6-7H2,1H3,(H,26,28)/b15-9-. The Morgan fingerprint density at radius 2 is 1.96 bits per heavy atom. The Bertz CT molecular complexity index is 992. The van der Waals surface area contributed by atoms with E-state index in [-0.39, 0.29) is 16.4 Å². The molecule has 0 spiro atoms. The number of carbonyl (C=O) groups is 1. The Hall–Kier alpha value is -2.55. The van der Waals surface area contributed by atoms with Gasteiger partial charge in [-0.1, -0.05) is 23.2 Å². The van der Waals surface area contributed by atoms with Crippen LogP contribution in [0.15, 0.2) is 35.9 Å². The van der Waals surface area contributed by atoms with E-state index < -0.39 is 5.91 Å². The first-order chi connectivity index (χ1) is 13.4. The van der Waals surface area contributed by atoms with Gasteiger partial charge in [-0.3, -0.25) is 4.79 Å². The van der Waals surface area contributed by atoms with Crippen molar-refractivity contribution < 1.29 is 9.18 Å². The van der Waals surface area contributed by atoms with Crippen molar-refractivity contribution in [1.82, 2.24) is 0 Å². The van der Waals surface area contributed by atoms with E-state index in [9.17, 15) is 14.4 Å². The van der Waals surface area contributed by atoms with Crippen LogP contribution in [-0.4, -0.2) is 19.0 Å². The summed E-state index contributed by atoms with van der Waals surface area (Å²) in [7, 11) is 0. The van der Waals surface area contributed by atoms with E-state index in [0.717, 1.165) is 31.5 Å². The minimum atomic E-state index is -0.629. The third-order valence-corrected chi connectivity index (χ3v) is 5.17. The maximum Gasteiger partial charge on any atom is 0.266 e. The molecule has 0 unspecified atom stereocenters. The molecule has 1 aliphatic rings. The van der Waals surface area contributed by atoms with Crippen LogP contribution in [0.25, 0.3) is 6.08 Å². The number of hydrogen-bond acceptors (Lipinski definition) is 3. The summed E-state index contributed by atoms with van der Waals surface area (Å²) in [6.07, 6.45) is 3.48. The van der Waals surface area contributed by atoms with Crippen molar-refractivity contribution in [2.24, 2.45) is 0 Å². The van der Waals surface area contributed by atoms with Crippen LogP contribution in [0, 0.1) is 24.1 Å². The number of halogens is 3. The minimum absolute atomic E-state index is 0.151. The van der Waals surface area contributed by atoms with E-state index in [1.165, 1.54) is 18.2 Å². The second-order valence-corrected chi connectivity index (χ2v) is 7.45. The summed E-state index contributed by atoms with van der Waals surface area (Å²) in [4.78, 5) is 14.5. The van der Waals surface area contributed by atoms with Crippen molar-refractivity contribution in [3.8, 4) is 6.07 Å². The van der Waals surface area contributed by atoms with E-state index in [1.807, 2.05) is 17.9 Å². The van der Waals surface area contributed by atoms with Crippen LogP contribution in [0.2, 0.25) is 10.0 Å². The molecular weight excluding hydrogens is 400 g/mol. The lowest BCUT2D eigenvalue weighted by Gasteiger charge is -2.19. The zero-order chi connectivity index (χ0) is 20.3. The number of nitriles is 1. The van der Waals surface area contributed by atoms with Crippen LogP contribution in [0.5, 0.6) is 0 Å². The summed E-state index contributed by atoms with van der Waals surface area (Å²) < 4.78 is 14.6. The summed E-state index contributed by atoms with van der Waals surface area (Å²) in [5, 5.41) is 12.7. The number of nitrogens with one attached hydrogen (secondary N) is 1. The first kappa shape index (κ1) is 20.2. The van der Waals surface area contributed by atoms with E-state index in [4.69, 9.17) is 23.2 Å². The van der Waals surface area contributed by atoms with Gasteiger partial charge < -0.3 is 10.2 Å². The smallest absolute Gasteiger partial charge is 0.266 e. The molecule has 0 aromatic heterocycles. The van der Waals surface area contributed by atoms with E-state index in [0.29, 0.717) is 22.0 Å². The molecule has 28 heavy (non-hydrogen) atoms. The molecule has 2 aromatic rings. The molecule has 0 aliphatic carbocycles. The molecule has 0 bridgehead atoms. The van der Waals surface area contributed by atoms with Gasteiger partial charge in [0.05, 0.1) is 16.4 Å². The average molecular weight is 418 g/mol. The maximum atomic E-state index is 14.6. The second-order valence-electron chi connectivity index (χ2n) is 6.60. The summed E-state index contributed by atoms with van der Waals surface area (Å²) in [5.41, 5.74) is 2.01. The third-order valence-electron chi connectivity index (χ3n) is 4.63. The number of nitrogens with zero attached hydrogens (tertiary/aromatic N) is 2. The summed E-state index contributed by atoms with van der Waals surface area (Å²) in [6.45, 7) is 3.49. The molecule has 1 amide bonds. The number of benzene rings is 2. The van der Waals surface area contributed by atoms with Crippen molar-refractivity contribution in [1.29, 1.82) is 5.26 Å². The Labute approximate surface area is 173 Å². The van der Waals surface area contributed by atoms with Crippen LogP contribution in [0.4, 0.5) is 15.8 Å². The molecule has 1 heterocycles. The largest absolute Gasteiger partial charge is 0.369 e. The van der Waals surface area contributed by atoms with E-state index in [1.54, 1.807) is 18.2 Å². The predicted octanol–water partition coefficient (Wildman–Crippen LogP) is 5.59. The molecule has 1 aliphatic heterocycles. The molecule has 144 valence electrons. The quantitative estimate of drug-likeness (QED) is 0.521. The number of hydrogen-bond donors (Lipinski definition) is 1. The zero-order valence-corrected chi connectivity index (χ0v) is 16.7. The van der Waals surface area contributed by atoms with Gasteiger partial charge in [-0.2, -0.15) is 5.26 Å². The predicted molar refractivity (Wildman–Crippen MR) is 111 cm³/mol. The number of rotatable bonds is 4. The molecule has 0 saturated carbocycles. The molecule has 2 aromatic carbocycles. The molecule has 1 saturated heterocycles. The highest BCUT2D eigenvalue weighted by Crippen LogP contribution is 2.29. The molecular formula is C21H18Cl2FN3O. The SMILES string of the molecule is Cc1cc(N2CCCC2)c(F)cc1/C=C(/C#N)C(=O)Nc1ccc(Cl)cc1Cl. The normalized spacial score (nSPS) is 14.1. The number of amides is 1. The van der Waals surface area contributed by atoms with Gasteiger partial charge in [0, 0.05) is 18.1 Å². The minimum Gasteiger partial charge on any atom is -0.369 e. The van der Waals surface area contributed by atoms with Gasteiger partial charge in [0.15, 0.2) is 0 Å². The molecule has 1 N–H and O–H groups in total. The topological polar surface area (TPSA) is 56.1 Å². The van der Waals surface area contributed by atoms with Crippen LogP contribution in [0.1, 0.15) is 24.0 Å². The highest BCUT2D eigenvalue weighted by molar-refractivity contribution is 6.36. The lowest BCUT2D eigenvalue weighted by atomic mass is 10.0. The highest BCUT2D eigenvalue weighted by atomic mass is 35.5. The maximum absolute atomic E-state index is 14.6. The van der Waals surface area contributed by atoms with Crippen LogP contribution < -0.4 is 10.2 Å². The van der Waals surface area contributed by atoms with Gasteiger partial charge in [0.25, 0.3) is 5.91 Å². The highest BCUT2D eigenvalue weighted by Gasteiger charge is 2.18. The first-order valence-corrected chi connectivity index (χ1v) is 9.58. The van der Waals surface area contributed by atoms with Gasteiger partial charge in [-0.15, -0.1) is 0 Å². The monoisotopic (exact) mass is 417 g/mol. The Balaban J connectivity index is 1.86. The van der Waals surface area contributed by atoms with Crippen molar-refractivity contribution in [3.63, 3.8) is 0 Å². The fourth-order valence-electron chi connectivity index (χ4n) is 3.12. The van der Waals surface area contributed by atoms with E-state index in [2.05, 4.69) is 5.32 Å². The van der Waals surface area contributed by atoms with E-state index >= 15 is 0 Å². The first-order valence-electron chi connectivity index (χ1n) is 8.82. The summed E-state index contributed by atoms with van der Waals surface area (Å²) in [5.74, 6) is -0.993. The number of aryl methyl sites for hydroxylation is 1. The average Bonchev–Trinajstić information content (AvgIpc) is 3.18.